The van der Waals surface area contributed by atoms with Gasteiger partial charge in [-0.2, -0.15) is 0 Å². The van der Waals surface area contributed by atoms with E-state index in [9.17, 15) is 4.79 Å². The average molecular weight is 349 g/mol. The molecule has 0 aliphatic carbocycles. The molecule has 5 nitrogen and oxygen atoms in total. The Kier molecular flexibility index (Phi) is 5.29. The van der Waals surface area contributed by atoms with Crippen LogP contribution in [0.4, 0.5) is 5.69 Å². The molecule has 24 heavy (non-hydrogen) atoms. The number of anilines is 1. The van der Waals surface area contributed by atoms with Crippen molar-refractivity contribution in [3.63, 3.8) is 0 Å². The summed E-state index contributed by atoms with van der Waals surface area (Å²) in [5.74, 6) is 1.43. The van der Waals surface area contributed by atoms with Crippen LogP contribution in [0, 0.1) is 5.92 Å². The van der Waals surface area contributed by atoms with Crippen molar-refractivity contribution in [2.75, 3.05) is 44.2 Å². The molecule has 0 bridgehead atoms. The number of carbonyl (C=O) groups is 1. The van der Waals surface area contributed by atoms with Crippen molar-refractivity contribution in [1.29, 1.82) is 0 Å². The first kappa shape index (κ1) is 17.1. The van der Waals surface area contributed by atoms with Gasteiger partial charge in [0.05, 0.1) is 6.54 Å². The van der Waals surface area contributed by atoms with Gasteiger partial charge in [0.25, 0.3) is 0 Å². The SMILES string of the molecule is CC(C)CC(=O)N1CCN=C1N1CCN(c2cccc(Cl)c2)CC1. The van der Waals surface area contributed by atoms with Crippen LogP contribution in [0.1, 0.15) is 20.3 Å². The summed E-state index contributed by atoms with van der Waals surface area (Å²) in [5, 5.41) is 0.764. The Morgan fingerprint density at radius 3 is 2.54 bits per heavy atom. The van der Waals surface area contributed by atoms with Crippen LogP contribution >= 0.6 is 11.6 Å². The highest BCUT2D eigenvalue weighted by molar-refractivity contribution is 6.30. The topological polar surface area (TPSA) is 39.2 Å². The van der Waals surface area contributed by atoms with Crippen molar-refractivity contribution < 1.29 is 4.79 Å². The van der Waals surface area contributed by atoms with Crippen LogP contribution in [0.5, 0.6) is 0 Å². The summed E-state index contributed by atoms with van der Waals surface area (Å²) in [6.45, 7) is 9.15. The number of halogens is 1. The Balaban J connectivity index is 1.61. The summed E-state index contributed by atoms with van der Waals surface area (Å²) in [6, 6.07) is 7.97. The number of piperazine rings is 1. The Morgan fingerprint density at radius 2 is 1.88 bits per heavy atom. The van der Waals surface area contributed by atoms with Crippen LogP contribution in [0.3, 0.4) is 0 Å². The van der Waals surface area contributed by atoms with E-state index in [0.29, 0.717) is 18.9 Å². The number of carbonyl (C=O) groups excluding carboxylic acids is 1. The molecule has 6 heteroatoms. The largest absolute Gasteiger partial charge is 0.368 e. The standard InChI is InChI=1S/C18H25ClN4O/c1-14(2)12-17(24)23-7-6-20-18(23)22-10-8-21(9-11-22)16-5-3-4-15(19)13-16/h3-5,13-14H,6-12H2,1-2H3. The van der Waals surface area contributed by atoms with E-state index in [2.05, 4.69) is 34.7 Å². The predicted molar refractivity (Wildman–Crippen MR) is 98.7 cm³/mol. The van der Waals surface area contributed by atoms with E-state index in [-0.39, 0.29) is 5.91 Å². The first-order valence-electron chi connectivity index (χ1n) is 8.65. The first-order valence-corrected chi connectivity index (χ1v) is 9.02. The monoisotopic (exact) mass is 348 g/mol. The maximum atomic E-state index is 12.4. The number of benzene rings is 1. The maximum Gasteiger partial charge on any atom is 0.229 e. The van der Waals surface area contributed by atoms with Crippen molar-refractivity contribution >= 4 is 29.2 Å². The molecule has 1 aromatic rings. The maximum absolute atomic E-state index is 12.4. The molecular weight excluding hydrogens is 324 g/mol. The number of aliphatic imine (C=N–C) groups is 1. The summed E-state index contributed by atoms with van der Waals surface area (Å²) in [4.78, 5) is 23.5. The number of amides is 1. The van der Waals surface area contributed by atoms with Crippen LogP contribution in [0.2, 0.25) is 5.02 Å². The van der Waals surface area contributed by atoms with Crippen LogP contribution < -0.4 is 4.90 Å². The molecule has 0 N–H and O–H groups in total. The molecule has 3 rings (SSSR count). The number of guanidine groups is 1. The molecule has 1 amide bonds. The molecule has 1 saturated heterocycles. The van der Waals surface area contributed by atoms with E-state index in [0.717, 1.165) is 49.4 Å². The summed E-state index contributed by atoms with van der Waals surface area (Å²) < 4.78 is 0. The van der Waals surface area contributed by atoms with Crippen LogP contribution in [0.25, 0.3) is 0 Å². The molecular formula is C18H25ClN4O. The highest BCUT2D eigenvalue weighted by atomic mass is 35.5. The molecule has 0 atom stereocenters. The Morgan fingerprint density at radius 1 is 1.17 bits per heavy atom. The van der Waals surface area contributed by atoms with E-state index in [1.807, 2.05) is 23.1 Å². The second-order valence-electron chi connectivity index (χ2n) is 6.78. The fourth-order valence-corrected chi connectivity index (χ4v) is 3.42. The van der Waals surface area contributed by atoms with Crippen molar-refractivity contribution in [2.24, 2.45) is 10.9 Å². The third-order valence-corrected chi connectivity index (χ3v) is 4.67. The molecule has 0 unspecified atom stereocenters. The van der Waals surface area contributed by atoms with Gasteiger partial charge in [-0.1, -0.05) is 31.5 Å². The normalized spacial score (nSPS) is 18.3. The number of hydrogen-bond acceptors (Lipinski definition) is 4. The van der Waals surface area contributed by atoms with E-state index < -0.39 is 0 Å². The minimum absolute atomic E-state index is 0.193. The third-order valence-electron chi connectivity index (χ3n) is 4.44. The lowest BCUT2D eigenvalue weighted by atomic mass is 10.1. The van der Waals surface area contributed by atoms with Gasteiger partial charge in [0.1, 0.15) is 0 Å². The Bertz CT molecular complexity index is 623. The molecule has 2 heterocycles. The van der Waals surface area contributed by atoms with Gasteiger partial charge < -0.3 is 9.80 Å². The zero-order valence-electron chi connectivity index (χ0n) is 14.4. The van der Waals surface area contributed by atoms with Gasteiger partial charge in [0.2, 0.25) is 11.9 Å². The Hall–Kier alpha value is -1.75. The van der Waals surface area contributed by atoms with Crippen LogP contribution in [-0.2, 0) is 4.79 Å². The molecule has 130 valence electrons. The van der Waals surface area contributed by atoms with Crippen molar-refractivity contribution in [2.45, 2.75) is 20.3 Å². The molecule has 2 aliphatic heterocycles. The van der Waals surface area contributed by atoms with Gasteiger partial charge in [-0.25, -0.2) is 0 Å². The van der Waals surface area contributed by atoms with E-state index >= 15 is 0 Å². The zero-order chi connectivity index (χ0) is 17.1. The van der Waals surface area contributed by atoms with Gasteiger partial charge >= 0.3 is 0 Å². The molecule has 2 aliphatic rings. The zero-order valence-corrected chi connectivity index (χ0v) is 15.2. The summed E-state index contributed by atoms with van der Waals surface area (Å²) >= 11 is 6.09. The summed E-state index contributed by atoms with van der Waals surface area (Å²) in [5.41, 5.74) is 1.16. The highest BCUT2D eigenvalue weighted by Crippen LogP contribution is 2.21. The first-order chi connectivity index (χ1) is 11.5. The minimum atomic E-state index is 0.193. The molecule has 0 aromatic heterocycles. The van der Waals surface area contributed by atoms with Gasteiger partial charge in [-0.15, -0.1) is 0 Å². The smallest absolute Gasteiger partial charge is 0.229 e. The molecule has 1 fully saturated rings. The van der Waals surface area contributed by atoms with Crippen LogP contribution in [-0.4, -0.2) is 60.9 Å². The predicted octanol–water partition coefficient (Wildman–Crippen LogP) is 2.71. The molecule has 1 aromatic carbocycles. The average Bonchev–Trinajstić information content (AvgIpc) is 3.04. The van der Waals surface area contributed by atoms with Crippen molar-refractivity contribution in [3.05, 3.63) is 29.3 Å². The minimum Gasteiger partial charge on any atom is -0.368 e. The van der Waals surface area contributed by atoms with Gasteiger partial charge in [-0.05, 0) is 24.1 Å². The fourth-order valence-electron chi connectivity index (χ4n) is 3.24. The second kappa shape index (κ2) is 7.43. The molecule has 0 saturated carbocycles. The quantitative estimate of drug-likeness (QED) is 0.843. The lowest BCUT2D eigenvalue weighted by molar-refractivity contribution is -0.128. The van der Waals surface area contributed by atoms with Gasteiger partial charge in [0, 0.05) is 49.9 Å². The number of nitrogens with zero attached hydrogens (tertiary/aromatic N) is 4. The lowest BCUT2D eigenvalue weighted by Gasteiger charge is -2.39. The molecule has 0 spiro atoms. The van der Waals surface area contributed by atoms with E-state index in [1.54, 1.807) is 0 Å². The second-order valence-corrected chi connectivity index (χ2v) is 7.22. The number of rotatable bonds is 3. The fraction of sp³-hybridized carbons (Fsp3) is 0.556. The van der Waals surface area contributed by atoms with Crippen LogP contribution in [0.15, 0.2) is 29.3 Å². The van der Waals surface area contributed by atoms with E-state index in [4.69, 9.17) is 11.6 Å². The molecule has 0 radical (unpaired) electrons. The van der Waals surface area contributed by atoms with Crippen molar-refractivity contribution in [3.8, 4) is 0 Å². The number of hydrogen-bond donors (Lipinski definition) is 0. The third kappa shape index (κ3) is 3.83. The lowest BCUT2D eigenvalue weighted by Crippen LogP contribution is -2.53. The van der Waals surface area contributed by atoms with Gasteiger partial charge in [0.15, 0.2) is 0 Å². The van der Waals surface area contributed by atoms with E-state index in [1.165, 1.54) is 0 Å². The van der Waals surface area contributed by atoms with Gasteiger partial charge in [-0.3, -0.25) is 14.7 Å². The Labute approximate surface area is 148 Å². The van der Waals surface area contributed by atoms with Crippen molar-refractivity contribution in [1.82, 2.24) is 9.80 Å². The summed E-state index contributed by atoms with van der Waals surface area (Å²) in [7, 11) is 0. The highest BCUT2D eigenvalue weighted by Gasteiger charge is 2.30. The summed E-state index contributed by atoms with van der Waals surface area (Å²) in [6.07, 6.45) is 0.585.